The first-order valence-corrected chi connectivity index (χ1v) is 11.6. The molecule has 4 rings (SSSR count). The highest BCUT2D eigenvalue weighted by Gasteiger charge is 2.32. The molecule has 0 fully saturated rings. The fraction of sp³-hybridized carbons (Fsp3) is 0.174. The predicted molar refractivity (Wildman–Crippen MR) is 128 cm³/mol. The molecule has 1 aliphatic rings. The molecular formula is C23H18BrN3O5S. The van der Waals surface area contributed by atoms with Crippen LogP contribution >= 0.6 is 27.3 Å². The Morgan fingerprint density at radius 1 is 1.30 bits per heavy atom. The van der Waals surface area contributed by atoms with E-state index in [0.29, 0.717) is 20.6 Å². The predicted octanol–water partition coefficient (Wildman–Crippen LogP) is 3.58. The molecule has 2 aromatic carbocycles. The zero-order valence-electron chi connectivity index (χ0n) is 17.6. The number of nitrogens with zero attached hydrogens (tertiary/aromatic N) is 3. The summed E-state index contributed by atoms with van der Waals surface area (Å²) in [5.41, 5.74) is 1.49. The summed E-state index contributed by atoms with van der Waals surface area (Å²) in [5.74, 6) is -0.613. The van der Waals surface area contributed by atoms with E-state index in [4.69, 9.17) is 4.74 Å². The van der Waals surface area contributed by atoms with E-state index in [9.17, 15) is 19.7 Å². The molecule has 10 heteroatoms. The third kappa shape index (κ3) is 4.44. The van der Waals surface area contributed by atoms with Crippen LogP contribution in [0.2, 0.25) is 0 Å². The molecule has 8 nitrogen and oxygen atoms in total. The second kappa shape index (κ2) is 9.24. The van der Waals surface area contributed by atoms with Crippen LogP contribution in [0.3, 0.4) is 0 Å². The van der Waals surface area contributed by atoms with Gasteiger partial charge in [-0.05, 0) is 43.2 Å². The summed E-state index contributed by atoms with van der Waals surface area (Å²) in [6, 6.07) is 12.7. The van der Waals surface area contributed by atoms with Crippen molar-refractivity contribution in [2.24, 2.45) is 4.99 Å². The lowest BCUT2D eigenvalue weighted by Gasteiger charge is -2.22. The fourth-order valence-corrected chi connectivity index (χ4v) is 4.88. The number of halogens is 1. The molecule has 3 aromatic rings. The Hall–Kier alpha value is -3.37. The number of benzene rings is 2. The number of rotatable bonds is 5. The van der Waals surface area contributed by atoms with Crippen LogP contribution in [0.25, 0.3) is 11.8 Å². The van der Waals surface area contributed by atoms with Gasteiger partial charge in [0.05, 0.1) is 21.6 Å². The molecule has 33 heavy (non-hydrogen) atoms. The van der Waals surface area contributed by atoms with Crippen LogP contribution in [-0.4, -0.2) is 22.1 Å². The maximum Gasteiger partial charge on any atom is 0.338 e. The van der Waals surface area contributed by atoms with Gasteiger partial charge in [0.15, 0.2) is 4.80 Å². The van der Waals surface area contributed by atoms with Gasteiger partial charge in [-0.1, -0.05) is 51.5 Å². The standard InChI is InChI=1S/C23H18BrN3O5S/c1-3-32-22(29)19-13(2)26-21(28)18(11-14-7-9-16(24)10-8-14)33-23(26)25-20(19)15-5-4-6-17(12-15)27(30)31/h4-12,20H,3H2,1-2H3/b18-11-/t20-/m1/s1. The molecule has 0 amide bonds. The van der Waals surface area contributed by atoms with Crippen LogP contribution in [0.15, 0.2) is 68.4 Å². The van der Waals surface area contributed by atoms with Gasteiger partial charge in [-0.3, -0.25) is 19.5 Å². The van der Waals surface area contributed by atoms with Gasteiger partial charge in [-0.25, -0.2) is 9.79 Å². The first kappa shape index (κ1) is 22.8. The molecule has 1 aliphatic heterocycles. The monoisotopic (exact) mass is 527 g/mol. The van der Waals surface area contributed by atoms with Gasteiger partial charge in [-0.2, -0.15) is 0 Å². The van der Waals surface area contributed by atoms with E-state index in [2.05, 4.69) is 20.9 Å². The van der Waals surface area contributed by atoms with Crippen LogP contribution in [-0.2, 0) is 9.53 Å². The van der Waals surface area contributed by atoms with Crippen molar-refractivity contribution in [3.63, 3.8) is 0 Å². The van der Waals surface area contributed by atoms with Crippen molar-refractivity contribution in [2.75, 3.05) is 6.61 Å². The fourth-order valence-electron chi connectivity index (χ4n) is 3.58. The molecule has 0 N–H and O–H groups in total. The summed E-state index contributed by atoms with van der Waals surface area (Å²) in [7, 11) is 0. The quantitative estimate of drug-likeness (QED) is 0.286. The third-order valence-electron chi connectivity index (χ3n) is 5.10. The molecule has 0 bridgehead atoms. The molecule has 2 heterocycles. The van der Waals surface area contributed by atoms with Gasteiger partial charge in [0.1, 0.15) is 6.04 Å². The first-order chi connectivity index (χ1) is 15.8. The van der Waals surface area contributed by atoms with Crippen molar-refractivity contribution in [3.8, 4) is 0 Å². The van der Waals surface area contributed by atoms with Crippen molar-refractivity contribution >= 4 is 50.7 Å². The Morgan fingerprint density at radius 2 is 2.03 bits per heavy atom. The Balaban J connectivity index is 1.95. The maximum absolute atomic E-state index is 13.2. The topological polar surface area (TPSA) is 104 Å². The lowest BCUT2D eigenvalue weighted by atomic mass is 9.96. The second-order valence-electron chi connectivity index (χ2n) is 7.19. The lowest BCUT2D eigenvalue weighted by molar-refractivity contribution is -0.384. The average molecular weight is 528 g/mol. The smallest absolute Gasteiger partial charge is 0.338 e. The number of nitro groups is 1. The number of non-ortho nitro benzene ring substituents is 1. The van der Waals surface area contributed by atoms with Crippen LogP contribution < -0.4 is 14.9 Å². The Morgan fingerprint density at radius 3 is 2.70 bits per heavy atom. The number of hydrogen-bond acceptors (Lipinski definition) is 7. The van der Waals surface area contributed by atoms with Crippen LogP contribution in [0.4, 0.5) is 5.69 Å². The van der Waals surface area contributed by atoms with Gasteiger partial charge in [0.25, 0.3) is 11.2 Å². The lowest BCUT2D eigenvalue weighted by Crippen LogP contribution is -2.35. The molecule has 0 aliphatic carbocycles. The van der Waals surface area contributed by atoms with E-state index in [1.165, 1.54) is 28.0 Å². The SMILES string of the molecule is CCOC(=O)C1=C(C)n2c(s/c(=C\c3ccc(Br)cc3)c2=O)=N[C@@H]1c1cccc([N+](=O)[O-])c1. The van der Waals surface area contributed by atoms with E-state index in [0.717, 1.165) is 10.0 Å². The van der Waals surface area contributed by atoms with Crippen LogP contribution in [0.1, 0.15) is 31.0 Å². The second-order valence-corrected chi connectivity index (χ2v) is 9.11. The summed E-state index contributed by atoms with van der Waals surface area (Å²) >= 11 is 4.59. The number of esters is 1. The highest BCUT2D eigenvalue weighted by atomic mass is 79.9. The number of fused-ring (bicyclic) bond motifs is 1. The van der Waals surface area contributed by atoms with Crippen LogP contribution in [0, 0.1) is 10.1 Å². The Labute approximate surface area is 200 Å². The number of carbonyl (C=O) groups is 1. The number of ether oxygens (including phenoxy) is 1. The number of thiazole rings is 1. The minimum Gasteiger partial charge on any atom is -0.463 e. The summed E-state index contributed by atoms with van der Waals surface area (Å²) < 4.78 is 8.02. The summed E-state index contributed by atoms with van der Waals surface area (Å²) in [6.45, 7) is 3.49. The molecule has 168 valence electrons. The number of carbonyl (C=O) groups excluding carboxylic acids is 1. The van der Waals surface area contributed by atoms with Crippen molar-refractivity contribution < 1.29 is 14.5 Å². The molecule has 0 radical (unpaired) electrons. The van der Waals surface area contributed by atoms with Gasteiger partial charge in [0, 0.05) is 22.3 Å². The van der Waals surface area contributed by atoms with E-state index in [-0.39, 0.29) is 23.4 Å². The number of allylic oxidation sites excluding steroid dienone is 1. The molecular weight excluding hydrogens is 510 g/mol. The molecule has 0 spiro atoms. The van der Waals surface area contributed by atoms with Gasteiger partial charge in [0.2, 0.25) is 0 Å². The van der Waals surface area contributed by atoms with Crippen molar-refractivity contribution in [1.82, 2.24) is 4.57 Å². The zero-order valence-corrected chi connectivity index (χ0v) is 20.1. The minimum atomic E-state index is -0.831. The highest BCUT2D eigenvalue weighted by molar-refractivity contribution is 9.10. The van der Waals surface area contributed by atoms with E-state index >= 15 is 0 Å². The number of hydrogen-bond donors (Lipinski definition) is 0. The van der Waals surface area contributed by atoms with E-state index < -0.39 is 16.9 Å². The van der Waals surface area contributed by atoms with E-state index in [1.807, 2.05) is 24.3 Å². The highest BCUT2D eigenvalue weighted by Crippen LogP contribution is 2.33. The molecule has 0 saturated heterocycles. The summed E-state index contributed by atoms with van der Waals surface area (Å²) in [5, 5.41) is 11.3. The molecule has 0 saturated carbocycles. The summed E-state index contributed by atoms with van der Waals surface area (Å²) in [6.07, 6.45) is 1.76. The zero-order chi connectivity index (χ0) is 23.7. The summed E-state index contributed by atoms with van der Waals surface area (Å²) in [4.78, 5) is 41.9. The van der Waals surface area contributed by atoms with Gasteiger partial charge >= 0.3 is 5.97 Å². The minimum absolute atomic E-state index is 0.109. The van der Waals surface area contributed by atoms with Gasteiger partial charge < -0.3 is 4.74 Å². The normalized spacial score (nSPS) is 15.7. The van der Waals surface area contributed by atoms with Crippen molar-refractivity contribution in [3.05, 3.63) is 99.5 Å². The average Bonchev–Trinajstić information content (AvgIpc) is 3.10. The maximum atomic E-state index is 13.2. The Bertz CT molecular complexity index is 1470. The van der Waals surface area contributed by atoms with E-state index in [1.54, 1.807) is 32.1 Å². The number of nitro benzene ring substituents is 1. The van der Waals surface area contributed by atoms with Crippen LogP contribution in [0.5, 0.6) is 0 Å². The largest absolute Gasteiger partial charge is 0.463 e. The van der Waals surface area contributed by atoms with Gasteiger partial charge in [-0.15, -0.1) is 0 Å². The molecule has 1 atom stereocenters. The first-order valence-electron chi connectivity index (χ1n) is 9.99. The molecule has 0 unspecified atom stereocenters. The molecule has 1 aromatic heterocycles. The van der Waals surface area contributed by atoms with Crippen molar-refractivity contribution in [1.29, 1.82) is 0 Å². The van der Waals surface area contributed by atoms with Crippen molar-refractivity contribution in [2.45, 2.75) is 19.9 Å². The third-order valence-corrected chi connectivity index (χ3v) is 6.62. The number of aromatic nitrogens is 1. The Kier molecular flexibility index (Phi) is 6.39.